The number of aryl methyl sites for hydroxylation is 1. The molecule has 1 amide bonds. The fourth-order valence-electron chi connectivity index (χ4n) is 2.95. The van der Waals surface area contributed by atoms with Crippen molar-refractivity contribution in [2.75, 3.05) is 13.1 Å². The maximum Gasteiger partial charge on any atom is 0.251 e. The SMILES string of the molecule is CCNC(CCC(C)C)c1ccc2c(c1)C(=O)NCCC2. The average molecular weight is 288 g/mol. The molecule has 0 aliphatic carbocycles. The van der Waals surface area contributed by atoms with Crippen LogP contribution in [0.4, 0.5) is 0 Å². The molecule has 0 radical (unpaired) electrons. The maximum atomic E-state index is 12.2. The number of nitrogens with one attached hydrogen (secondary N) is 2. The van der Waals surface area contributed by atoms with E-state index in [2.05, 4.69) is 49.6 Å². The van der Waals surface area contributed by atoms with E-state index in [1.807, 2.05) is 0 Å². The molecule has 1 aliphatic rings. The smallest absolute Gasteiger partial charge is 0.251 e. The molecule has 0 saturated carbocycles. The van der Waals surface area contributed by atoms with Crippen molar-refractivity contribution in [1.29, 1.82) is 0 Å². The molecule has 0 aromatic heterocycles. The van der Waals surface area contributed by atoms with E-state index in [-0.39, 0.29) is 5.91 Å². The van der Waals surface area contributed by atoms with Crippen LogP contribution in [-0.4, -0.2) is 19.0 Å². The zero-order valence-corrected chi connectivity index (χ0v) is 13.5. The minimum atomic E-state index is 0.0865. The number of rotatable bonds is 6. The molecule has 1 aromatic rings. The Balaban J connectivity index is 2.22. The molecule has 116 valence electrons. The van der Waals surface area contributed by atoms with Gasteiger partial charge in [0.25, 0.3) is 5.91 Å². The fraction of sp³-hybridized carbons (Fsp3) is 0.611. The predicted octanol–water partition coefficient (Wildman–Crippen LogP) is 3.45. The quantitative estimate of drug-likeness (QED) is 0.842. The molecule has 2 rings (SSSR count). The molecule has 0 spiro atoms. The summed E-state index contributed by atoms with van der Waals surface area (Å²) in [4.78, 5) is 12.2. The second-order valence-electron chi connectivity index (χ2n) is 6.36. The number of benzene rings is 1. The topological polar surface area (TPSA) is 41.1 Å². The molecule has 0 bridgehead atoms. The molecule has 0 saturated heterocycles. The molecule has 1 heterocycles. The summed E-state index contributed by atoms with van der Waals surface area (Å²) >= 11 is 0. The van der Waals surface area contributed by atoms with Gasteiger partial charge in [-0.3, -0.25) is 4.79 Å². The van der Waals surface area contributed by atoms with Gasteiger partial charge < -0.3 is 10.6 Å². The van der Waals surface area contributed by atoms with E-state index in [4.69, 9.17) is 0 Å². The highest BCUT2D eigenvalue weighted by atomic mass is 16.1. The van der Waals surface area contributed by atoms with Crippen molar-refractivity contribution in [2.24, 2.45) is 5.92 Å². The van der Waals surface area contributed by atoms with Gasteiger partial charge in [-0.05, 0) is 55.3 Å². The molecule has 3 heteroatoms. The third-order valence-electron chi connectivity index (χ3n) is 4.17. The highest BCUT2D eigenvalue weighted by molar-refractivity contribution is 5.96. The Morgan fingerprint density at radius 3 is 2.81 bits per heavy atom. The molecule has 3 nitrogen and oxygen atoms in total. The van der Waals surface area contributed by atoms with Gasteiger partial charge in [-0.15, -0.1) is 0 Å². The molecule has 1 unspecified atom stereocenters. The Morgan fingerprint density at radius 1 is 1.29 bits per heavy atom. The van der Waals surface area contributed by atoms with Crippen LogP contribution in [0.15, 0.2) is 18.2 Å². The maximum absolute atomic E-state index is 12.2. The van der Waals surface area contributed by atoms with Crippen LogP contribution in [0.25, 0.3) is 0 Å². The molecule has 1 aromatic carbocycles. The lowest BCUT2D eigenvalue weighted by molar-refractivity contribution is 0.0956. The first-order valence-corrected chi connectivity index (χ1v) is 8.26. The van der Waals surface area contributed by atoms with E-state index < -0.39 is 0 Å². The Kier molecular flexibility index (Phi) is 5.80. The van der Waals surface area contributed by atoms with Gasteiger partial charge in [0.1, 0.15) is 0 Å². The van der Waals surface area contributed by atoms with E-state index in [9.17, 15) is 4.79 Å². The molecule has 2 N–H and O–H groups in total. The van der Waals surface area contributed by atoms with Crippen LogP contribution >= 0.6 is 0 Å². The standard InChI is InChI=1S/C18H28N2O/c1-4-19-17(10-7-13(2)3)15-9-8-14-6-5-11-20-18(21)16(14)12-15/h8-9,12-13,17,19H,4-7,10-11H2,1-3H3,(H,20,21). The number of fused-ring (bicyclic) bond motifs is 1. The predicted molar refractivity (Wildman–Crippen MR) is 87.6 cm³/mol. The summed E-state index contributed by atoms with van der Waals surface area (Å²) in [5.74, 6) is 0.791. The van der Waals surface area contributed by atoms with Gasteiger partial charge in [-0.25, -0.2) is 0 Å². The minimum Gasteiger partial charge on any atom is -0.352 e. The largest absolute Gasteiger partial charge is 0.352 e. The Hall–Kier alpha value is -1.35. The number of carbonyl (C=O) groups excluding carboxylic acids is 1. The molecular weight excluding hydrogens is 260 g/mol. The van der Waals surface area contributed by atoms with Crippen molar-refractivity contribution in [3.05, 3.63) is 34.9 Å². The fourth-order valence-corrected chi connectivity index (χ4v) is 2.95. The van der Waals surface area contributed by atoms with E-state index in [0.717, 1.165) is 37.9 Å². The Morgan fingerprint density at radius 2 is 2.10 bits per heavy atom. The minimum absolute atomic E-state index is 0.0865. The second-order valence-corrected chi connectivity index (χ2v) is 6.36. The summed E-state index contributed by atoms with van der Waals surface area (Å²) in [5.41, 5.74) is 3.30. The highest BCUT2D eigenvalue weighted by Crippen LogP contribution is 2.25. The summed E-state index contributed by atoms with van der Waals surface area (Å²) in [5, 5.41) is 6.55. The van der Waals surface area contributed by atoms with Crippen LogP contribution < -0.4 is 10.6 Å². The number of hydrogen-bond acceptors (Lipinski definition) is 2. The lowest BCUT2D eigenvalue weighted by atomic mass is 9.93. The molecule has 1 atom stereocenters. The van der Waals surface area contributed by atoms with Crippen molar-refractivity contribution in [1.82, 2.24) is 10.6 Å². The van der Waals surface area contributed by atoms with E-state index in [0.29, 0.717) is 12.0 Å². The first kappa shape index (κ1) is 16.0. The van der Waals surface area contributed by atoms with E-state index in [1.165, 1.54) is 17.5 Å². The lowest BCUT2D eigenvalue weighted by Gasteiger charge is -2.20. The highest BCUT2D eigenvalue weighted by Gasteiger charge is 2.18. The molecule has 1 aliphatic heterocycles. The van der Waals surface area contributed by atoms with Gasteiger partial charge in [0.15, 0.2) is 0 Å². The van der Waals surface area contributed by atoms with Gasteiger partial charge in [0, 0.05) is 18.2 Å². The van der Waals surface area contributed by atoms with Gasteiger partial charge in [0.05, 0.1) is 0 Å². The zero-order chi connectivity index (χ0) is 15.2. The third-order valence-corrected chi connectivity index (χ3v) is 4.17. The van der Waals surface area contributed by atoms with Crippen molar-refractivity contribution in [3.8, 4) is 0 Å². The zero-order valence-electron chi connectivity index (χ0n) is 13.5. The van der Waals surface area contributed by atoms with Gasteiger partial charge in [-0.1, -0.05) is 32.9 Å². The second kappa shape index (κ2) is 7.60. The lowest BCUT2D eigenvalue weighted by Crippen LogP contribution is -2.24. The monoisotopic (exact) mass is 288 g/mol. The first-order valence-electron chi connectivity index (χ1n) is 8.26. The Bertz CT molecular complexity index is 482. The number of amides is 1. The normalized spacial score (nSPS) is 16.3. The van der Waals surface area contributed by atoms with Crippen LogP contribution in [-0.2, 0) is 6.42 Å². The van der Waals surface area contributed by atoms with Crippen molar-refractivity contribution in [2.45, 2.75) is 52.5 Å². The summed E-state index contributed by atoms with van der Waals surface area (Å²) in [6.45, 7) is 8.39. The van der Waals surface area contributed by atoms with Crippen LogP contribution in [0.5, 0.6) is 0 Å². The Labute approximate surface area is 128 Å². The third kappa shape index (κ3) is 4.31. The van der Waals surface area contributed by atoms with Crippen molar-refractivity contribution >= 4 is 5.91 Å². The van der Waals surface area contributed by atoms with Crippen LogP contribution in [0.2, 0.25) is 0 Å². The number of carbonyl (C=O) groups is 1. The van der Waals surface area contributed by atoms with Crippen molar-refractivity contribution < 1.29 is 4.79 Å². The van der Waals surface area contributed by atoms with E-state index in [1.54, 1.807) is 0 Å². The summed E-state index contributed by atoms with van der Waals surface area (Å²) in [6, 6.07) is 6.79. The molecule has 0 fully saturated rings. The average Bonchev–Trinajstić information content (AvgIpc) is 2.65. The summed E-state index contributed by atoms with van der Waals surface area (Å²) in [6.07, 6.45) is 4.33. The van der Waals surface area contributed by atoms with Crippen LogP contribution in [0.1, 0.15) is 67.6 Å². The number of hydrogen-bond donors (Lipinski definition) is 2. The first-order chi connectivity index (χ1) is 10.1. The van der Waals surface area contributed by atoms with Gasteiger partial charge in [-0.2, -0.15) is 0 Å². The van der Waals surface area contributed by atoms with E-state index >= 15 is 0 Å². The molecule has 21 heavy (non-hydrogen) atoms. The van der Waals surface area contributed by atoms with Crippen LogP contribution in [0.3, 0.4) is 0 Å². The van der Waals surface area contributed by atoms with Crippen LogP contribution in [0, 0.1) is 5.92 Å². The van der Waals surface area contributed by atoms with Gasteiger partial charge in [0.2, 0.25) is 0 Å². The van der Waals surface area contributed by atoms with Crippen molar-refractivity contribution in [3.63, 3.8) is 0 Å². The molecular formula is C18H28N2O. The van der Waals surface area contributed by atoms with Gasteiger partial charge >= 0.3 is 0 Å². The summed E-state index contributed by atoms with van der Waals surface area (Å²) < 4.78 is 0. The summed E-state index contributed by atoms with van der Waals surface area (Å²) in [7, 11) is 0.